The molecule has 2 N–H and O–H groups in total. The van der Waals surface area contributed by atoms with Crippen LogP contribution in [0, 0.1) is 0 Å². The van der Waals surface area contributed by atoms with Gasteiger partial charge in [-0.2, -0.15) is 0 Å². The van der Waals surface area contributed by atoms with Gasteiger partial charge >= 0.3 is 0 Å². The summed E-state index contributed by atoms with van der Waals surface area (Å²) in [7, 11) is 2.06. The average Bonchev–Trinajstić information content (AvgIpc) is 3.64. The molecule has 5 aromatic heterocycles. The molecule has 0 aliphatic rings. The summed E-state index contributed by atoms with van der Waals surface area (Å²) < 4.78 is 0. The van der Waals surface area contributed by atoms with E-state index >= 15 is 0 Å². The maximum absolute atomic E-state index is 4.91. The molecule has 35 heavy (non-hydrogen) atoms. The van der Waals surface area contributed by atoms with Crippen LogP contribution in [0.2, 0.25) is 0 Å². The Balaban J connectivity index is 1.51. The Labute approximate surface area is 199 Å². The summed E-state index contributed by atoms with van der Waals surface area (Å²) in [5, 5.41) is 28.0. The van der Waals surface area contributed by atoms with E-state index in [9.17, 15) is 0 Å². The first-order valence-electron chi connectivity index (χ1n) is 10.8. The van der Waals surface area contributed by atoms with Crippen LogP contribution in [-0.2, 0) is 0 Å². The highest BCUT2D eigenvalue weighted by atomic mass is 15.5. The van der Waals surface area contributed by atoms with Gasteiger partial charge in [0.1, 0.15) is 19.2 Å². The van der Waals surface area contributed by atoms with Crippen molar-refractivity contribution >= 4 is 13.3 Å². The number of nitrogens with zero attached hydrogens (tertiary/aromatic N) is 9. The molecular formula is C23H16BN11. The van der Waals surface area contributed by atoms with Crippen LogP contribution in [0.5, 0.6) is 0 Å². The molecule has 5 heterocycles. The third kappa shape index (κ3) is 4.15. The SMILES string of the molecule is Bc1ccc(-c2cc(-c3cccc(-c4nnn[nH]4)n3)nc(-c3cccc(-c4nnn[nH]4)n3)c2)cc1. The molecule has 0 radical (unpaired) electrons. The predicted molar refractivity (Wildman–Crippen MR) is 131 cm³/mol. The maximum Gasteiger partial charge on any atom is 0.198 e. The monoisotopic (exact) mass is 457 g/mol. The second-order valence-electron chi connectivity index (χ2n) is 7.81. The number of pyridine rings is 3. The van der Waals surface area contributed by atoms with Crippen molar-refractivity contribution in [1.29, 1.82) is 0 Å². The van der Waals surface area contributed by atoms with Gasteiger partial charge in [-0.05, 0) is 68.4 Å². The fourth-order valence-corrected chi connectivity index (χ4v) is 3.66. The molecule has 0 amide bonds. The van der Waals surface area contributed by atoms with E-state index in [1.165, 1.54) is 5.46 Å². The molecule has 0 aliphatic heterocycles. The Morgan fingerprint density at radius 1 is 0.514 bits per heavy atom. The van der Waals surface area contributed by atoms with Crippen molar-refractivity contribution in [3.63, 3.8) is 0 Å². The first-order chi connectivity index (χ1) is 17.2. The van der Waals surface area contributed by atoms with Crippen LogP contribution < -0.4 is 5.46 Å². The summed E-state index contributed by atoms with van der Waals surface area (Å²) in [6.45, 7) is 0. The lowest BCUT2D eigenvalue weighted by Crippen LogP contribution is -2.00. The van der Waals surface area contributed by atoms with Crippen LogP contribution in [0.1, 0.15) is 0 Å². The standard InChI is InChI=1S/C23H16BN11/c24-15-9-7-13(8-10-15)14-11-20(16-3-1-5-18(25-16)22-28-32-33-29-22)27-21(12-14)17-4-2-6-19(26-17)23-30-34-35-31-23/h1-12H,24H2,(H,28,29,32,33)(H,30,31,34,35). The summed E-state index contributed by atoms with van der Waals surface area (Å²) >= 11 is 0. The molecule has 0 saturated carbocycles. The summed E-state index contributed by atoms with van der Waals surface area (Å²) in [6, 6.07) is 23.7. The second-order valence-corrected chi connectivity index (χ2v) is 7.81. The van der Waals surface area contributed by atoms with Crippen LogP contribution in [0.3, 0.4) is 0 Å². The Morgan fingerprint density at radius 2 is 1.00 bits per heavy atom. The minimum Gasteiger partial charge on any atom is -0.244 e. The third-order valence-electron chi connectivity index (χ3n) is 5.41. The molecule has 0 bridgehead atoms. The molecule has 11 nitrogen and oxygen atoms in total. The van der Waals surface area contributed by atoms with Crippen LogP contribution in [0.4, 0.5) is 0 Å². The molecular weight excluding hydrogens is 441 g/mol. The summed E-state index contributed by atoms with van der Waals surface area (Å²) in [6.07, 6.45) is 0. The Hall–Kier alpha value is -5.13. The van der Waals surface area contributed by atoms with Crippen molar-refractivity contribution in [2.75, 3.05) is 0 Å². The lowest BCUT2D eigenvalue weighted by atomic mass is 9.93. The topological polar surface area (TPSA) is 148 Å². The van der Waals surface area contributed by atoms with Crippen molar-refractivity contribution in [3.8, 4) is 56.9 Å². The third-order valence-corrected chi connectivity index (χ3v) is 5.41. The molecule has 12 heteroatoms. The number of hydrogen-bond donors (Lipinski definition) is 2. The number of aromatic nitrogens is 11. The molecule has 6 aromatic rings. The number of H-pyrrole nitrogens is 2. The number of aromatic amines is 2. The van der Waals surface area contributed by atoms with Gasteiger partial charge in [0, 0.05) is 0 Å². The second kappa shape index (κ2) is 8.67. The minimum atomic E-state index is 0.483. The van der Waals surface area contributed by atoms with Gasteiger partial charge in [0.15, 0.2) is 11.6 Å². The predicted octanol–water partition coefficient (Wildman–Crippen LogP) is 1.49. The van der Waals surface area contributed by atoms with Crippen LogP contribution in [-0.4, -0.2) is 64.0 Å². The molecule has 0 spiro atoms. The molecule has 0 saturated heterocycles. The largest absolute Gasteiger partial charge is 0.244 e. The lowest BCUT2D eigenvalue weighted by Gasteiger charge is -2.10. The maximum atomic E-state index is 4.91. The lowest BCUT2D eigenvalue weighted by molar-refractivity contribution is 0.881. The normalized spacial score (nSPS) is 11.0. The Kier molecular flexibility index (Phi) is 5.07. The number of rotatable bonds is 5. The smallest absolute Gasteiger partial charge is 0.198 e. The average molecular weight is 457 g/mol. The van der Waals surface area contributed by atoms with E-state index in [1.807, 2.05) is 48.5 Å². The van der Waals surface area contributed by atoms with E-state index in [4.69, 9.17) is 15.0 Å². The zero-order chi connectivity index (χ0) is 23.6. The molecule has 1 aromatic carbocycles. The van der Waals surface area contributed by atoms with Crippen LogP contribution in [0.15, 0.2) is 72.8 Å². The van der Waals surface area contributed by atoms with Crippen molar-refractivity contribution in [1.82, 2.24) is 56.2 Å². The zero-order valence-corrected chi connectivity index (χ0v) is 18.5. The van der Waals surface area contributed by atoms with Crippen LogP contribution in [0.25, 0.3) is 56.9 Å². The van der Waals surface area contributed by atoms with Gasteiger partial charge in [-0.15, -0.1) is 10.2 Å². The van der Waals surface area contributed by atoms with Crippen molar-refractivity contribution in [3.05, 3.63) is 72.8 Å². The molecule has 166 valence electrons. The number of tetrazole rings is 2. The molecule has 0 unspecified atom stereocenters. The Bertz CT molecular complexity index is 1500. The van der Waals surface area contributed by atoms with Crippen molar-refractivity contribution in [2.24, 2.45) is 0 Å². The zero-order valence-electron chi connectivity index (χ0n) is 18.5. The molecule has 0 aliphatic carbocycles. The fourth-order valence-electron chi connectivity index (χ4n) is 3.66. The van der Waals surface area contributed by atoms with Gasteiger partial charge in [0.05, 0.1) is 22.8 Å². The van der Waals surface area contributed by atoms with Crippen LogP contribution >= 0.6 is 0 Å². The summed E-state index contributed by atoms with van der Waals surface area (Å²) in [4.78, 5) is 14.4. The fraction of sp³-hybridized carbons (Fsp3) is 0. The highest BCUT2D eigenvalue weighted by Gasteiger charge is 2.14. The number of benzene rings is 1. The molecule has 0 atom stereocenters. The Morgan fingerprint density at radius 3 is 1.49 bits per heavy atom. The van der Waals surface area contributed by atoms with Crippen molar-refractivity contribution < 1.29 is 0 Å². The van der Waals surface area contributed by atoms with E-state index in [-0.39, 0.29) is 0 Å². The highest BCUT2D eigenvalue weighted by molar-refractivity contribution is 6.32. The van der Waals surface area contributed by atoms with E-state index in [0.29, 0.717) is 45.8 Å². The first kappa shape index (κ1) is 20.5. The van der Waals surface area contributed by atoms with Gasteiger partial charge < -0.3 is 0 Å². The van der Waals surface area contributed by atoms with Gasteiger partial charge in [0.2, 0.25) is 0 Å². The van der Waals surface area contributed by atoms with Gasteiger partial charge in [-0.3, -0.25) is 0 Å². The minimum absolute atomic E-state index is 0.483. The van der Waals surface area contributed by atoms with Gasteiger partial charge in [0.25, 0.3) is 0 Å². The van der Waals surface area contributed by atoms with Gasteiger partial charge in [-0.1, -0.05) is 41.9 Å². The quantitative estimate of drug-likeness (QED) is 0.368. The highest BCUT2D eigenvalue weighted by Crippen LogP contribution is 2.30. The van der Waals surface area contributed by atoms with Gasteiger partial charge in [-0.25, -0.2) is 25.1 Å². The first-order valence-corrected chi connectivity index (χ1v) is 10.8. The van der Waals surface area contributed by atoms with Crippen molar-refractivity contribution in [2.45, 2.75) is 0 Å². The van der Waals surface area contributed by atoms with E-state index in [1.54, 1.807) is 0 Å². The molecule has 6 rings (SSSR count). The van der Waals surface area contributed by atoms with E-state index in [0.717, 1.165) is 11.1 Å². The molecule has 0 fully saturated rings. The summed E-state index contributed by atoms with van der Waals surface area (Å²) in [5.74, 6) is 0.966. The van der Waals surface area contributed by atoms with E-state index < -0.39 is 0 Å². The number of hydrogen-bond acceptors (Lipinski definition) is 9. The summed E-state index contributed by atoms with van der Waals surface area (Å²) in [5.41, 5.74) is 7.24. The number of nitrogens with one attached hydrogen (secondary N) is 2. The van der Waals surface area contributed by atoms with E-state index in [2.05, 4.69) is 73.4 Å².